The minimum Gasteiger partial charge on any atom is -0.476 e. The van der Waals surface area contributed by atoms with Gasteiger partial charge in [0.05, 0.1) is 18.5 Å². The summed E-state index contributed by atoms with van der Waals surface area (Å²) < 4.78 is 4.81. The molecule has 0 saturated carbocycles. The summed E-state index contributed by atoms with van der Waals surface area (Å²) in [6.45, 7) is 5.25. The van der Waals surface area contributed by atoms with Gasteiger partial charge in [-0.1, -0.05) is 20.8 Å². The molecule has 0 aliphatic rings. The van der Waals surface area contributed by atoms with Gasteiger partial charge >= 0.3 is 5.69 Å². The number of hydrogen-bond acceptors (Lipinski definition) is 6. The maximum atomic E-state index is 11.9. The first kappa shape index (κ1) is 14.0. The molecule has 1 heterocycles. The van der Waals surface area contributed by atoms with E-state index < -0.39 is 10.3 Å². The maximum absolute atomic E-state index is 11.9. The quantitative estimate of drug-likeness (QED) is 0.596. The molecule has 0 spiro atoms. The highest BCUT2D eigenvalue weighted by molar-refractivity contribution is 5.86. The van der Waals surface area contributed by atoms with Crippen molar-refractivity contribution in [1.82, 2.24) is 9.97 Å². The van der Waals surface area contributed by atoms with Crippen molar-refractivity contribution in [2.24, 2.45) is 5.41 Å². The Kier molecular flexibility index (Phi) is 3.95. The summed E-state index contributed by atoms with van der Waals surface area (Å²) in [4.78, 5) is 29.7. The van der Waals surface area contributed by atoms with Gasteiger partial charge in [0.1, 0.15) is 17.8 Å². The third-order valence-electron chi connectivity index (χ3n) is 2.40. The second-order valence-electron chi connectivity index (χ2n) is 4.79. The predicted molar refractivity (Wildman–Crippen MR) is 63.4 cm³/mol. The van der Waals surface area contributed by atoms with Crippen molar-refractivity contribution in [2.75, 3.05) is 7.11 Å². The van der Waals surface area contributed by atoms with E-state index in [0.29, 0.717) is 0 Å². The highest BCUT2D eigenvalue weighted by atomic mass is 16.6. The van der Waals surface area contributed by atoms with Gasteiger partial charge in [0, 0.05) is 5.41 Å². The smallest absolute Gasteiger partial charge is 0.352 e. The predicted octanol–water partition coefficient (Wildman–Crippen LogP) is 1.55. The van der Waals surface area contributed by atoms with E-state index in [2.05, 4.69) is 9.97 Å². The number of Topliss-reactive ketones (excluding diaryl/α,β-unsaturated/α-hetero) is 1. The van der Waals surface area contributed by atoms with E-state index in [1.54, 1.807) is 20.8 Å². The molecule has 0 radical (unpaired) electrons. The SMILES string of the molecule is COc1ncnc(CC(=O)C(C)(C)C)c1[N+](=O)[O-]. The lowest BCUT2D eigenvalue weighted by Crippen LogP contribution is -2.23. The van der Waals surface area contributed by atoms with E-state index in [1.165, 1.54) is 7.11 Å². The molecule has 1 rings (SSSR count). The normalized spacial score (nSPS) is 11.1. The van der Waals surface area contributed by atoms with E-state index in [-0.39, 0.29) is 29.5 Å². The fourth-order valence-electron chi connectivity index (χ4n) is 1.28. The summed E-state index contributed by atoms with van der Waals surface area (Å²) in [6.07, 6.45) is 1.04. The third kappa shape index (κ3) is 2.99. The summed E-state index contributed by atoms with van der Waals surface area (Å²) in [5, 5.41) is 11.0. The number of aromatic nitrogens is 2. The van der Waals surface area contributed by atoms with Crippen molar-refractivity contribution in [3.63, 3.8) is 0 Å². The number of carbonyl (C=O) groups is 1. The molecule has 0 aliphatic carbocycles. The van der Waals surface area contributed by atoms with Crippen molar-refractivity contribution in [1.29, 1.82) is 0 Å². The second-order valence-corrected chi connectivity index (χ2v) is 4.79. The lowest BCUT2D eigenvalue weighted by Gasteiger charge is -2.16. The average molecular weight is 253 g/mol. The summed E-state index contributed by atoms with van der Waals surface area (Å²) >= 11 is 0. The molecule has 0 aliphatic heterocycles. The first-order valence-corrected chi connectivity index (χ1v) is 5.33. The highest BCUT2D eigenvalue weighted by Crippen LogP contribution is 2.28. The standard InChI is InChI=1S/C11H15N3O4/c1-11(2,3)8(15)5-7-9(14(16)17)10(18-4)13-6-12-7/h6H,5H2,1-4H3. The molecule has 0 amide bonds. The van der Waals surface area contributed by atoms with E-state index >= 15 is 0 Å². The molecule has 1 aromatic heterocycles. The fourth-order valence-corrected chi connectivity index (χ4v) is 1.28. The van der Waals surface area contributed by atoms with Gasteiger partial charge in [-0.25, -0.2) is 4.98 Å². The van der Waals surface area contributed by atoms with Gasteiger partial charge in [-0.05, 0) is 0 Å². The Labute approximate surface area is 104 Å². The molecule has 18 heavy (non-hydrogen) atoms. The molecule has 0 saturated heterocycles. The van der Waals surface area contributed by atoms with Crippen LogP contribution in [0.5, 0.6) is 5.88 Å². The molecular weight excluding hydrogens is 238 g/mol. The number of ketones is 1. The Morgan fingerprint density at radius 2 is 2.06 bits per heavy atom. The van der Waals surface area contributed by atoms with Crippen molar-refractivity contribution >= 4 is 11.5 Å². The Bertz CT molecular complexity index is 480. The highest BCUT2D eigenvalue weighted by Gasteiger charge is 2.29. The molecule has 0 bridgehead atoms. The number of ether oxygens (including phenoxy) is 1. The van der Waals surface area contributed by atoms with Crippen LogP contribution in [0.3, 0.4) is 0 Å². The van der Waals surface area contributed by atoms with Crippen LogP contribution in [0, 0.1) is 15.5 Å². The fraction of sp³-hybridized carbons (Fsp3) is 0.545. The summed E-state index contributed by atoms with van der Waals surface area (Å²) in [5.41, 5.74) is -0.851. The lowest BCUT2D eigenvalue weighted by molar-refractivity contribution is -0.387. The van der Waals surface area contributed by atoms with Crippen LogP contribution >= 0.6 is 0 Å². The van der Waals surface area contributed by atoms with Crippen LogP contribution in [0.15, 0.2) is 6.33 Å². The average Bonchev–Trinajstić information content (AvgIpc) is 2.26. The number of methoxy groups -OCH3 is 1. The van der Waals surface area contributed by atoms with Crippen molar-refractivity contribution < 1.29 is 14.5 Å². The number of nitro groups is 1. The van der Waals surface area contributed by atoms with Gasteiger partial charge in [-0.3, -0.25) is 14.9 Å². The molecule has 1 aromatic rings. The Morgan fingerprint density at radius 1 is 1.44 bits per heavy atom. The molecule has 0 atom stereocenters. The Hall–Kier alpha value is -2.05. The van der Waals surface area contributed by atoms with E-state index in [4.69, 9.17) is 4.74 Å². The van der Waals surface area contributed by atoms with Gasteiger partial charge in [0.15, 0.2) is 0 Å². The first-order valence-electron chi connectivity index (χ1n) is 5.33. The van der Waals surface area contributed by atoms with Crippen molar-refractivity contribution in [3.05, 3.63) is 22.1 Å². The van der Waals surface area contributed by atoms with Crippen LogP contribution in [0.4, 0.5) is 5.69 Å². The summed E-state index contributed by atoms with van der Waals surface area (Å²) in [7, 11) is 1.28. The third-order valence-corrected chi connectivity index (χ3v) is 2.40. The number of rotatable bonds is 4. The van der Waals surface area contributed by atoms with E-state index in [0.717, 1.165) is 6.33 Å². The largest absolute Gasteiger partial charge is 0.476 e. The Balaban J connectivity index is 3.17. The zero-order valence-electron chi connectivity index (χ0n) is 10.8. The number of carbonyl (C=O) groups excluding carboxylic acids is 1. The van der Waals surface area contributed by atoms with E-state index in [1.807, 2.05) is 0 Å². The van der Waals surface area contributed by atoms with Gasteiger partial charge in [-0.15, -0.1) is 0 Å². The molecule has 0 N–H and O–H groups in total. The molecule has 0 fully saturated rings. The van der Waals surface area contributed by atoms with Crippen LogP contribution in [0.1, 0.15) is 26.5 Å². The minimum absolute atomic E-state index is 0.0757. The molecular formula is C11H15N3O4. The minimum atomic E-state index is -0.635. The monoisotopic (exact) mass is 253 g/mol. The van der Waals surface area contributed by atoms with Crippen LogP contribution in [-0.2, 0) is 11.2 Å². The van der Waals surface area contributed by atoms with Crippen molar-refractivity contribution in [2.45, 2.75) is 27.2 Å². The van der Waals surface area contributed by atoms with Gasteiger partial charge < -0.3 is 4.74 Å². The van der Waals surface area contributed by atoms with Crippen LogP contribution in [-0.4, -0.2) is 27.8 Å². The molecule has 0 unspecified atom stereocenters. The topological polar surface area (TPSA) is 95.2 Å². The zero-order valence-corrected chi connectivity index (χ0v) is 10.8. The summed E-state index contributed by atoms with van der Waals surface area (Å²) in [6, 6.07) is 0. The van der Waals surface area contributed by atoms with E-state index in [9.17, 15) is 14.9 Å². The molecule has 7 nitrogen and oxygen atoms in total. The van der Waals surface area contributed by atoms with Gasteiger partial charge in [0.25, 0.3) is 5.88 Å². The first-order chi connectivity index (χ1) is 8.27. The van der Waals surface area contributed by atoms with Crippen molar-refractivity contribution in [3.8, 4) is 5.88 Å². The van der Waals surface area contributed by atoms with Crippen LogP contribution < -0.4 is 4.74 Å². The van der Waals surface area contributed by atoms with Gasteiger partial charge in [0.2, 0.25) is 0 Å². The molecule has 98 valence electrons. The summed E-state index contributed by atoms with van der Waals surface area (Å²) in [5.74, 6) is -0.266. The maximum Gasteiger partial charge on any atom is 0.352 e. The zero-order chi connectivity index (χ0) is 13.9. The molecule has 7 heteroatoms. The van der Waals surface area contributed by atoms with Crippen LogP contribution in [0.2, 0.25) is 0 Å². The number of hydrogen-bond donors (Lipinski definition) is 0. The van der Waals surface area contributed by atoms with Gasteiger partial charge in [-0.2, -0.15) is 4.98 Å². The lowest BCUT2D eigenvalue weighted by atomic mass is 9.88. The van der Waals surface area contributed by atoms with Crippen LogP contribution in [0.25, 0.3) is 0 Å². The Morgan fingerprint density at radius 3 is 2.50 bits per heavy atom. The second kappa shape index (κ2) is 5.07. The number of nitrogens with zero attached hydrogens (tertiary/aromatic N) is 3. The molecule has 0 aromatic carbocycles.